The van der Waals surface area contributed by atoms with Gasteiger partial charge in [-0.1, -0.05) is 36.2 Å². The first-order valence-electron chi connectivity index (χ1n) is 6.99. The van der Waals surface area contributed by atoms with Crippen LogP contribution in [-0.2, 0) is 4.79 Å². The fraction of sp³-hybridized carbons (Fsp3) is 0.438. The number of amides is 1. The second kappa shape index (κ2) is 5.38. The average molecular weight is 276 g/mol. The minimum absolute atomic E-state index is 0.142. The van der Waals surface area contributed by atoms with Gasteiger partial charge in [0.1, 0.15) is 0 Å². The molecule has 0 aromatic heterocycles. The molecule has 1 aromatic rings. The van der Waals surface area contributed by atoms with E-state index in [0.717, 1.165) is 12.1 Å². The van der Waals surface area contributed by atoms with Gasteiger partial charge in [0, 0.05) is 16.6 Å². The molecule has 2 aliphatic carbocycles. The Bertz CT molecular complexity index is 511. The van der Waals surface area contributed by atoms with Crippen molar-refractivity contribution in [3.63, 3.8) is 0 Å². The van der Waals surface area contributed by atoms with Crippen molar-refractivity contribution in [2.75, 3.05) is 5.32 Å². The number of allylic oxidation sites excluding steroid dienone is 2. The predicted octanol–water partition coefficient (Wildman–Crippen LogP) is 4.27. The zero-order chi connectivity index (χ0) is 13.2. The van der Waals surface area contributed by atoms with Gasteiger partial charge in [0.05, 0.1) is 0 Å². The number of hydrogen-bond donors (Lipinski definition) is 1. The van der Waals surface area contributed by atoms with E-state index >= 15 is 0 Å². The molecule has 2 nitrogen and oxygen atoms in total. The molecule has 0 aliphatic heterocycles. The highest BCUT2D eigenvalue weighted by molar-refractivity contribution is 6.30. The van der Waals surface area contributed by atoms with Crippen molar-refractivity contribution in [2.45, 2.75) is 25.7 Å². The molecule has 1 amide bonds. The lowest BCUT2D eigenvalue weighted by molar-refractivity contribution is -0.117. The number of carbonyl (C=O) groups excluding carboxylic acids is 1. The zero-order valence-corrected chi connectivity index (χ0v) is 11.6. The zero-order valence-electron chi connectivity index (χ0n) is 10.8. The molecule has 0 unspecified atom stereocenters. The summed E-state index contributed by atoms with van der Waals surface area (Å²) in [6, 6.07) is 7.34. The van der Waals surface area contributed by atoms with Crippen LogP contribution < -0.4 is 5.32 Å². The summed E-state index contributed by atoms with van der Waals surface area (Å²) >= 11 is 5.93. The lowest BCUT2D eigenvalue weighted by Crippen LogP contribution is -2.15. The molecule has 0 saturated heterocycles. The molecule has 1 N–H and O–H groups in total. The average Bonchev–Trinajstić information content (AvgIpc) is 3.00. The molecule has 1 aromatic carbocycles. The van der Waals surface area contributed by atoms with Gasteiger partial charge in [-0.2, -0.15) is 0 Å². The molecule has 19 heavy (non-hydrogen) atoms. The van der Waals surface area contributed by atoms with E-state index in [1.54, 1.807) is 6.07 Å². The third-order valence-electron chi connectivity index (χ3n) is 4.14. The van der Waals surface area contributed by atoms with Gasteiger partial charge in [-0.05, 0) is 49.3 Å². The number of carbonyl (C=O) groups is 1. The van der Waals surface area contributed by atoms with Crippen molar-refractivity contribution in [1.82, 2.24) is 0 Å². The number of anilines is 1. The van der Waals surface area contributed by atoms with Crippen LogP contribution in [0.25, 0.3) is 0 Å². The van der Waals surface area contributed by atoms with Crippen molar-refractivity contribution < 1.29 is 4.79 Å². The Kier molecular flexibility index (Phi) is 3.61. The molecule has 0 radical (unpaired) electrons. The summed E-state index contributed by atoms with van der Waals surface area (Å²) in [5, 5.41) is 3.64. The molecule has 3 rings (SSSR count). The highest BCUT2D eigenvalue weighted by Gasteiger charge is 2.52. The van der Waals surface area contributed by atoms with E-state index in [-0.39, 0.29) is 11.8 Å². The standard InChI is InChI=1S/C16H18ClNO/c17-11-6-5-7-12(10-11)18-16(19)15-13-8-3-1-2-4-9-14(13)15/h3,5-8,10,13-15H,1-2,4,9H2,(H,18,19)/b8-3-/t13-,14-,15+/m0/s1. The van der Waals surface area contributed by atoms with Crippen molar-refractivity contribution in [3.05, 3.63) is 41.4 Å². The lowest BCUT2D eigenvalue weighted by atomic mass is 10.1. The van der Waals surface area contributed by atoms with Crippen LogP contribution in [-0.4, -0.2) is 5.91 Å². The fourth-order valence-electron chi connectivity index (χ4n) is 3.09. The maximum atomic E-state index is 12.3. The predicted molar refractivity (Wildman–Crippen MR) is 78.2 cm³/mol. The number of fused-ring (bicyclic) bond motifs is 1. The molecule has 3 atom stereocenters. The smallest absolute Gasteiger partial charge is 0.228 e. The van der Waals surface area contributed by atoms with Gasteiger partial charge in [-0.25, -0.2) is 0 Å². The first kappa shape index (κ1) is 12.7. The van der Waals surface area contributed by atoms with Gasteiger partial charge in [-0.15, -0.1) is 0 Å². The van der Waals surface area contributed by atoms with E-state index in [2.05, 4.69) is 17.5 Å². The number of benzene rings is 1. The molecule has 2 aliphatic rings. The van der Waals surface area contributed by atoms with E-state index in [0.29, 0.717) is 16.9 Å². The summed E-state index contributed by atoms with van der Waals surface area (Å²) in [6.07, 6.45) is 9.32. The van der Waals surface area contributed by atoms with Crippen molar-refractivity contribution >= 4 is 23.2 Å². The molecule has 1 fully saturated rings. The van der Waals surface area contributed by atoms with Gasteiger partial charge in [-0.3, -0.25) is 4.79 Å². The molecule has 3 heteroatoms. The van der Waals surface area contributed by atoms with Crippen LogP contribution >= 0.6 is 11.6 Å². The molecule has 100 valence electrons. The summed E-state index contributed by atoms with van der Waals surface area (Å²) < 4.78 is 0. The maximum Gasteiger partial charge on any atom is 0.228 e. The summed E-state index contributed by atoms with van der Waals surface area (Å²) in [5.74, 6) is 1.31. The van der Waals surface area contributed by atoms with Crippen molar-refractivity contribution in [3.8, 4) is 0 Å². The van der Waals surface area contributed by atoms with Crippen LogP contribution in [0.5, 0.6) is 0 Å². The van der Waals surface area contributed by atoms with Gasteiger partial charge in [0.2, 0.25) is 5.91 Å². The SMILES string of the molecule is O=C(Nc1cccc(Cl)c1)[C@@H]1[C@H]2/C=C\CCCC[C@@H]21. The van der Waals surface area contributed by atoms with Gasteiger partial charge in [0.15, 0.2) is 0 Å². The van der Waals surface area contributed by atoms with Crippen LogP contribution in [0.2, 0.25) is 5.02 Å². The largest absolute Gasteiger partial charge is 0.326 e. The van der Waals surface area contributed by atoms with Crippen LogP contribution in [0, 0.1) is 17.8 Å². The van der Waals surface area contributed by atoms with E-state index < -0.39 is 0 Å². The van der Waals surface area contributed by atoms with Gasteiger partial charge in [0.25, 0.3) is 0 Å². The Morgan fingerprint density at radius 1 is 1.32 bits per heavy atom. The number of halogens is 1. The third kappa shape index (κ3) is 2.84. The summed E-state index contributed by atoms with van der Waals surface area (Å²) in [7, 11) is 0. The summed E-state index contributed by atoms with van der Waals surface area (Å²) in [5.41, 5.74) is 0.792. The Morgan fingerprint density at radius 2 is 2.21 bits per heavy atom. The first-order valence-corrected chi connectivity index (χ1v) is 7.36. The number of rotatable bonds is 2. The van der Waals surface area contributed by atoms with E-state index in [1.165, 1.54) is 19.3 Å². The van der Waals surface area contributed by atoms with E-state index in [1.807, 2.05) is 18.2 Å². The number of hydrogen-bond acceptors (Lipinski definition) is 1. The highest BCUT2D eigenvalue weighted by Crippen LogP contribution is 2.51. The normalized spacial score (nSPS) is 30.7. The lowest BCUT2D eigenvalue weighted by Gasteiger charge is -2.05. The van der Waals surface area contributed by atoms with Crippen LogP contribution in [0.3, 0.4) is 0 Å². The molecule has 0 spiro atoms. The fourth-order valence-corrected chi connectivity index (χ4v) is 3.28. The Morgan fingerprint density at radius 3 is 3.05 bits per heavy atom. The quantitative estimate of drug-likeness (QED) is 0.803. The van der Waals surface area contributed by atoms with Crippen LogP contribution in [0.4, 0.5) is 5.69 Å². The van der Waals surface area contributed by atoms with Crippen LogP contribution in [0.1, 0.15) is 25.7 Å². The van der Waals surface area contributed by atoms with E-state index in [9.17, 15) is 4.79 Å². The Balaban J connectivity index is 1.65. The van der Waals surface area contributed by atoms with Gasteiger partial charge < -0.3 is 5.32 Å². The monoisotopic (exact) mass is 275 g/mol. The first-order chi connectivity index (χ1) is 9.25. The molecule has 1 saturated carbocycles. The van der Waals surface area contributed by atoms with Crippen molar-refractivity contribution in [2.24, 2.45) is 17.8 Å². The molecular formula is C16H18ClNO. The third-order valence-corrected chi connectivity index (χ3v) is 4.38. The van der Waals surface area contributed by atoms with E-state index in [4.69, 9.17) is 11.6 Å². The minimum Gasteiger partial charge on any atom is -0.326 e. The molecular weight excluding hydrogens is 258 g/mol. The minimum atomic E-state index is 0.142. The molecule has 0 heterocycles. The maximum absolute atomic E-state index is 12.3. The number of nitrogens with one attached hydrogen (secondary N) is 1. The summed E-state index contributed by atoms with van der Waals surface area (Å²) in [4.78, 5) is 12.3. The topological polar surface area (TPSA) is 29.1 Å². The van der Waals surface area contributed by atoms with Crippen LogP contribution in [0.15, 0.2) is 36.4 Å². The second-order valence-corrected chi connectivity index (χ2v) is 5.92. The summed E-state index contributed by atoms with van der Waals surface area (Å²) in [6.45, 7) is 0. The second-order valence-electron chi connectivity index (χ2n) is 5.48. The highest BCUT2D eigenvalue weighted by atomic mass is 35.5. The van der Waals surface area contributed by atoms with Crippen molar-refractivity contribution in [1.29, 1.82) is 0 Å². The Hall–Kier alpha value is -1.28. The van der Waals surface area contributed by atoms with Gasteiger partial charge >= 0.3 is 0 Å². The molecule has 0 bridgehead atoms. The Labute approximate surface area is 118 Å².